The molecule has 6 nitrogen and oxygen atoms in total. The van der Waals surface area contributed by atoms with Gasteiger partial charge in [-0.15, -0.1) is 0 Å². The number of fused-ring (bicyclic) bond motifs is 1. The summed E-state index contributed by atoms with van der Waals surface area (Å²) in [6.45, 7) is 1.87. The van der Waals surface area contributed by atoms with Crippen molar-refractivity contribution in [2.75, 3.05) is 10.0 Å². The topological polar surface area (TPSA) is 84.5 Å². The molecule has 8 heteroatoms. The van der Waals surface area contributed by atoms with Crippen molar-refractivity contribution in [3.05, 3.63) is 95.5 Å². The van der Waals surface area contributed by atoms with Crippen molar-refractivity contribution in [1.82, 2.24) is 0 Å². The molecule has 4 aromatic rings. The molecule has 4 aromatic carbocycles. The van der Waals surface area contributed by atoms with Gasteiger partial charge in [-0.3, -0.25) is 9.52 Å². The van der Waals surface area contributed by atoms with E-state index in [4.69, 9.17) is 4.74 Å². The van der Waals surface area contributed by atoms with Gasteiger partial charge in [-0.05, 0) is 66.4 Å². The number of carbonyl (C=O) groups is 1. The van der Waals surface area contributed by atoms with Crippen LogP contribution < -0.4 is 14.8 Å². The zero-order valence-corrected chi connectivity index (χ0v) is 20.8. The number of ether oxygens (including phenoxy) is 1. The van der Waals surface area contributed by atoms with Crippen molar-refractivity contribution in [1.29, 1.82) is 0 Å². The molecule has 1 atom stereocenters. The number of hydrogen-bond donors (Lipinski definition) is 2. The number of carbonyl (C=O) groups excluding carboxylic acids is 1. The van der Waals surface area contributed by atoms with Crippen LogP contribution in [-0.2, 0) is 14.8 Å². The van der Waals surface area contributed by atoms with Crippen molar-refractivity contribution in [2.24, 2.45) is 0 Å². The maximum Gasteiger partial charge on any atom is 0.265 e. The zero-order chi connectivity index (χ0) is 24.1. The lowest BCUT2D eigenvalue weighted by Gasteiger charge is -2.18. The van der Waals surface area contributed by atoms with E-state index < -0.39 is 16.1 Å². The molecule has 0 aliphatic rings. The van der Waals surface area contributed by atoms with Crippen LogP contribution >= 0.6 is 15.9 Å². The highest BCUT2D eigenvalue weighted by Crippen LogP contribution is 2.27. The number of benzene rings is 4. The standard InChI is InChI=1S/C26H23BrN2O4S/c1-2-24(33-25-9-5-7-18-6-3-4-8-23(18)25)26(30)28-20-14-16-22(17-15-20)34(31,32)29-21-12-10-19(27)11-13-21/h3-17,24,29H,2H2,1H3,(H,28,30). The highest BCUT2D eigenvalue weighted by Gasteiger charge is 2.20. The van der Waals surface area contributed by atoms with Crippen LogP contribution in [0, 0.1) is 0 Å². The molecular formula is C26H23BrN2O4S. The molecule has 1 amide bonds. The van der Waals surface area contributed by atoms with Gasteiger partial charge >= 0.3 is 0 Å². The fourth-order valence-corrected chi connectivity index (χ4v) is 4.77. The van der Waals surface area contributed by atoms with E-state index in [9.17, 15) is 13.2 Å². The second kappa shape index (κ2) is 10.3. The number of halogens is 1. The predicted octanol–water partition coefficient (Wildman–Crippen LogP) is 6.20. The Labute approximate surface area is 207 Å². The van der Waals surface area contributed by atoms with Gasteiger partial charge in [0, 0.05) is 21.2 Å². The largest absolute Gasteiger partial charge is 0.480 e. The first-order valence-electron chi connectivity index (χ1n) is 10.7. The molecule has 0 saturated heterocycles. The maximum absolute atomic E-state index is 12.9. The zero-order valence-electron chi connectivity index (χ0n) is 18.4. The average Bonchev–Trinajstić information content (AvgIpc) is 2.84. The number of nitrogens with one attached hydrogen (secondary N) is 2. The quantitative estimate of drug-likeness (QED) is 0.279. The van der Waals surface area contributed by atoms with E-state index in [0.717, 1.165) is 15.2 Å². The summed E-state index contributed by atoms with van der Waals surface area (Å²) in [6.07, 6.45) is -0.230. The first-order chi connectivity index (χ1) is 16.4. The molecular weight excluding hydrogens is 516 g/mol. The van der Waals surface area contributed by atoms with E-state index in [2.05, 4.69) is 26.0 Å². The summed E-state index contributed by atoms with van der Waals surface area (Å²) in [5.74, 6) is 0.333. The number of amides is 1. The molecule has 0 aliphatic carbocycles. The van der Waals surface area contributed by atoms with E-state index in [0.29, 0.717) is 23.5 Å². The fraction of sp³-hybridized carbons (Fsp3) is 0.115. The second-order valence-corrected chi connectivity index (χ2v) is 10.2. The Bertz CT molecular complexity index is 1400. The first kappa shape index (κ1) is 23.8. The lowest BCUT2D eigenvalue weighted by molar-refractivity contribution is -0.122. The van der Waals surface area contributed by atoms with Crippen LogP contribution in [0.25, 0.3) is 10.8 Å². The highest BCUT2D eigenvalue weighted by molar-refractivity contribution is 9.10. The summed E-state index contributed by atoms with van der Waals surface area (Å²) in [5.41, 5.74) is 0.935. The third-order valence-corrected chi connectivity index (χ3v) is 7.14. The number of rotatable bonds is 8. The number of sulfonamides is 1. The molecule has 0 aromatic heterocycles. The second-order valence-electron chi connectivity index (χ2n) is 7.62. The first-order valence-corrected chi connectivity index (χ1v) is 13.0. The van der Waals surface area contributed by atoms with Crippen LogP contribution in [0.15, 0.2) is 100 Å². The molecule has 0 fully saturated rings. The van der Waals surface area contributed by atoms with Gasteiger partial charge in [-0.2, -0.15) is 0 Å². The summed E-state index contributed by atoms with van der Waals surface area (Å²) in [6, 6.07) is 26.4. The van der Waals surface area contributed by atoms with Crippen molar-refractivity contribution in [2.45, 2.75) is 24.3 Å². The highest BCUT2D eigenvalue weighted by atomic mass is 79.9. The number of hydrogen-bond acceptors (Lipinski definition) is 4. The summed E-state index contributed by atoms with van der Waals surface area (Å²) < 4.78 is 34.7. The van der Waals surface area contributed by atoms with Crippen LogP contribution in [0.3, 0.4) is 0 Å². The summed E-state index contributed by atoms with van der Waals surface area (Å²) >= 11 is 3.32. The van der Waals surface area contributed by atoms with E-state index in [-0.39, 0.29) is 10.8 Å². The molecule has 4 rings (SSSR count). The van der Waals surface area contributed by atoms with Gasteiger partial charge in [0.1, 0.15) is 5.75 Å². The minimum atomic E-state index is -3.76. The lowest BCUT2D eigenvalue weighted by atomic mass is 10.1. The van der Waals surface area contributed by atoms with E-state index >= 15 is 0 Å². The molecule has 2 N–H and O–H groups in total. The van der Waals surface area contributed by atoms with Gasteiger partial charge in [0.25, 0.3) is 15.9 Å². The summed E-state index contributed by atoms with van der Waals surface area (Å²) in [4.78, 5) is 13.0. The van der Waals surface area contributed by atoms with E-state index in [1.807, 2.05) is 49.4 Å². The van der Waals surface area contributed by atoms with Crippen LogP contribution in [0.4, 0.5) is 11.4 Å². The van der Waals surface area contributed by atoms with Crippen LogP contribution in [0.5, 0.6) is 5.75 Å². The predicted molar refractivity (Wildman–Crippen MR) is 139 cm³/mol. The molecule has 174 valence electrons. The average molecular weight is 539 g/mol. The van der Waals surface area contributed by atoms with Gasteiger partial charge in [0.05, 0.1) is 4.90 Å². The smallest absolute Gasteiger partial charge is 0.265 e. The monoisotopic (exact) mass is 538 g/mol. The normalized spacial score (nSPS) is 12.2. The summed E-state index contributed by atoms with van der Waals surface area (Å²) in [7, 11) is -3.76. The Morgan fingerprint density at radius 3 is 2.24 bits per heavy atom. The minimum Gasteiger partial charge on any atom is -0.480 e. The molecule has 0 spiro atoms. The van der Waals surface area contributed by atoms with Crippen molar-refractivity contribution in [3.8, 4) is 5.75 Å². The molecule has 0 radical (unpaired) electrons. The molecule has 34 heavy (non-hydrogen) atoms. The Morgan fingerprint density at radius 2 is 1.53 bits per heavy atom. The van der Waals surface area contributed by atoms with Crippen LogP contribution in [0.1, 0.15) is 13.3 Å². The Balaban J connectivity index is 1.44. The Kier molecular flexibility index (Phi) is 7.19. The Hall–Kier alpha value is -3.36. The molecule has 0 heterocycles. The molecule has 0 saturated carbocycles. The summed E-state index contributed by atoms with van der Waals surface area (Å²) in [5, 5.41) is 4.78. The molecule has 1 unspecified atom stereocenters. The van der Waals surface area contributed by atoms with Crippen molar-refractivity contribution < 1.29 is 17.9 Å². The molecule has 0 bridgehead atoms. The van der Waals surface area contributed by atoms with E-state index in [1.165, 1.54) is 12.1 Å². The van der Waals surface area contributed by atoms with Crippen LogP contribution in [0.2, 0.25) is 0 Å². The van der Waals surface area contributed by atoms with Gasteiger partial charge in [0.15, 0.2) is 6.10 Å². The van der Waals surface area contributed by atoms with Gasteiger partial charge in [-0.25, -0.2) is 8.42 Å². The Morgan fingerprint density at radius 1 is 0.882 bits per heavy atom. The van der Waals surface area contributed by atoms with Crippen LogP contribution in [-0.4, -0.2) is 20.4 Å². The van der Waals surface area contributed by atoms with Crippen molar-refractivity contribution >= 4 is 54.0 Å². The molecule has 0 aliphatic heterocycles. The minimum absolute atomic E-state index is 0.0902. The van der Waals surface area contributed by atoms with Gasteiger partial charge in [0.2, 0.25) is 0 Å². The lowest BCUT2D eigenvalue weighted by Crippen LogP contribution is -2.32. The fourth-order valence-electron chi connectivity index (χ4n) is 3.45. The maximum atomic E-state index is 12.9. The van der Waals surface area contributed by atoms with E-state index in [1.54, 1.807) is 36.4 Å². The third-order valence-electron chi connectivity index (χ3n) is 5.21. The third kappa shape index (κ3) is 5.58. The SMILES string of the molecule is CCC(Oc1cccc2ccccc12)C(=O)Nc1ccc(S(=O)(=O)Nc2ccc(Br)cc2)cc1. The van der Waals surface area contributed by atoms with Gasteiger partial charge in [-0.1, -0.05) is 59.3 Å². The van der Waals surface area contributed by atoms with Crippen molar-refractivity contribution in [3.63, 3.8) is 0 Å². The van der Waals surface area contributed by atoms with Gasteiger partial charge < -0.3 is 10.1 Å². The number of anilines is 2.